The van der Waals surface area contributed by atoms with Crippen molar-refractivity contribution in [3.8, 4) is 0 Å². The largest absolute Gasteiger partial charge is 0.326 e. The lowest BCUT2D eigenvalue weighted by molar-refractivity contribution is -0.123. The Morgan fingerprint density at radius 2 is 1.72 bits per heavy atom. The Labute approximate surface area is 111 Å². The van der Waals surface area contributed by atoms with Crippen LogP contribution in [0.2, 0.25) is 0 Å². The maximum atomic E-state index is 11.8. The van der Waals surface area contributed by atoms with Crippen molar-refractivity contribution in [3.63, 3.8) is 0 Å². The minimum atomic E-state index is -0.347. The first-order chi connectivity index (χ1) is 8.43. The predicted octanol–water partition coefficient (Wildman–Crippen LogP) is 4.40. The fourth-order valence-corrected chi connectivity index (χ4v) is 1.65. The lowest BCUT2D eigenvalue weighted by Gasteiger charge is -2.17. The van der Waals surface area contributed by atoms with Crippen LogP contribution in [0.1, 0.15) is 52.5 Å². The van der Waals surface area contributed by atoms with Crippen LogP contribution in [-0.4, -0.2) is 5.91 Å². The molecule has 1 aromatic carbocycles. The molecule has 1 rings (SSSR count). The van der Waals surface area contributed by atoms with Crippen molar-refractivity contribution in [3.05, 3.63) is 29.8 Å². The third-order valence-electron chi connectivity index (χ3n) is 2.96. The van der Waals surface area contributed by atoms with Gasteiger partial charge in [0.15, 0.2) is 0 Å². The van der Waals surface area contributed by atoms with Gasteiger partial charge in [-0.25, -0.2) is 0 Å². The van der Waals surface area contributed by atoms with Crippen LogP contribution in [0.25, 0.3) is 0 Å². The molecule has 0 aliphatic heterocycles. The van der Waals surface area contributed by atoms with Crippen molar-refractivity contribution in [2.45, 2.75) is 53.4 Å². The van der Waals surface area contributed by atoms with Crippen LogP contribution in [0.15, 0.2) is 24.3 Å². The first-order valence-corrected chi connectivity index (χ1v) is 6.84. The molecule has 0 fully saturated rings. The summed E-state index contributed by atoms with van der Waals surface area (Å²) < 4.78 is 0. The molecule has 0 bridgehead atoms. The Morgan fingerprint density at radius 1 is 1.11 bits per heavy atom. The van der Waals surface area contributed by atoms with E-state index >= 15 is 0 Å². The molecular formula is C16H25NO. The molecule has 0 heterocycles. The van der Waals surface area contributed by atoms with Gasteiger partial charge in [-0.2, -0.15) is 0 Å². The number of rotatable bonds is 5. The molecule has 0 aliphatic carbocycles. The van der Waals surface area contributed by atoms with E-state index in [1.165, 1.54) is 24.8 Å². The van der Waals surface area contributed by atoms with E-state index in [0.717, 1.165) is 12.1 Å². The van der Waals surface area contributed by atoms with Crippen molar-refractivity contribution in [1.82, 2.24) is 0 Å². The van der Waals surface area contributed by atoms with Crippen molar-refractivity contribution < 1.29 is 4.79 Å². The van der Waals surface area contributed by atoms with Gasteiger partial charge in [-0.15, -0.1) is 0 Å². The van der Waals surface area contributed by atoms with Gasteiger partial charge in [0.25, 0.3) is 0 Å². The van der Waals surface area contributed by atoms with Gasteiger partial charge in [0.2, 0.25) is 5.91 Å². The number of amides is 1. The highest BCUT2D eigenvalue weighted by Gasteiger charge is 2.20. The maximum Gasteiger partial charge on any atom is 0.229 e. The van der Waals surface area contributed by atoms with Gasteiger partial charge < -0.3 is 5.32 Å². The Hall–Kier alpha value is -1.31. The summed E-state index contributed by atoms with van der Waals surface area (Å²) in [6.07, 6.45) is 4.90. The molecule has 1 amide bonds. The molecule has 0 aromatic heterocycles. The minimum Gasteiger partial charge on any atom is -0.326 e. The van der Waals surface area contributed by atoms with Gasteiger partial charge in [-0.1, -0.05) is 52.7 Å². The van der Waals surface area contributed by atoms with Crippen LogP contribution in [0, 0.1) is 5.41 Å². The number of hydrogen-bond donors (Lipinski definition) is 1. The third kappa shape index (κ3) is 4.91. The summed E-state index contributed by atoms with van der Waals surface area (Å²) in [5.41, 5.74) is 1.88. The van der Waals surface area contributed by atoms with Crippen LogP contribution in [0.5, 0.6) is 0 Å². The number of carbonyl (C=O) groups excluding carboxylic acids is 1. The molecule has 0 aliphatic rings. The third-order valence-corrected chi connectivity index (χ3v) is 2.96. The van der Waals surface area contributed by atoms with Crippen LogP contribution in [0.4, 0.5) is 5.69 Å². The fourth-order valence-electron chi connectivity index (χ4n) is 1.65. The molecular weight excluding hydrogens is 222 g/mol. The average molecular weight is 247 g/mol. The zero-order chi connectivity index (χ0) is 13.6. The molecule has 0 saturated heterocycles. The Balaban J connectivity index is 2.53. The lowest BCUT2D eigenvalue weighted by Crippen LogP contribution is -2.27. The minimum absolute atomic E-state index is 0.0567. The van der Waals surface area contributed by atoms with Crippen LogP contribution in [-0.2, 0) is 11.2 Å². The highest BCUT2D eigenvalue weighted by molar-refractivity contribution is 5.94. The maximum absolute atomic E-state index is 11.8. The molecule has 0 spiro atoms. The lowest BCUT2D eigenvalue weighted by atomic mass is 9.95. The van der Waals surface area contributed by atoms with Crippen molar-refractivity contribution >= 4 is 11.6 Å². The van der Waals surface area contributed by atoms with Crippen molar-refractivity contribution in [2.75, 3.05) is 5.32 Å². The molecule has 0 unspecified atom stereocenters. The highest BCUT2D eigenvalue weighted by atomic mass is 16.2. The summed E-state index contributed by atoms with van der Waals surface area (Å²) in [4.78, 5) is 11.8. The number of benzene rings is 1. The Morgan fingerprint density at radius 3 is 2.22 bits per heavy atom. The normalized spacial score (nSPS) is 11.3. The Kier molecular flexibility index (Phi) is 5.39. The van der Waals surface area contributed by atoms with Crippen LogP contribution < -0.4 is 5.32 Å². The van der Waals surface area contributed by atoms with Gasteiger partial charge in [0.05, 0.1) is 0 Å². The van der Waals surface area contributed by atoms with Crippen LogP contribution >= 0.6 is 0 Å². The topological polar surface area (TPSA) is 29.1 Å². The molecule has 2 heteroatoms. The predicted molar refractivity (Wildman–Crippen MR) is 77.8 cm³/mol. The smallest absolute Gasteiger partial charge is 0.229 e. The molecule has 0 atom stereocenters. The second kappa shape index (κ2) is 6.58. The van der Waals surface area contributed by atoms with E-state index in [0.29, 0.717) is 0 Å². The number of aryl methyl sites for hydroxylation is 1. The molecule has 100 valence electrons. The molecule has 0 saturated carbocycles. The molecule has 1 aromatic rings. The quantitative estimate of drug-likeness (QED) is 0.767. The van der Waals surface area contributed by atoms with E-state index in [4.69, 9.17) is 0 Å². The van der Waals surface area contributed by atoms with Crippen molar-refractivity contribution in [2.24, 2.45) is 5.41 Å². The summed E-state index contributed by atoms with van der Waals surface area (Å²) in [5.74, 6) is 0.0567. The summed E-state index contributed by atoms with van der Waals surface area (Å²) in [6.45, 7) is 7.97. The van der Waals surface area contributed by atoms with Gasteiger partial charge in [-0.3, -0.25) is 4.79 Å². The molecule has 1 N–H and O–H groups in total. The van der Waals surface area contributed by atoms with E-state index in [2.05, 4.69) is 24.4 Å². The number of anilines is 1. The number of unbranched alkanes of at least 4 members (excludes halogenated alkanes) is 2. The van der Waals surface area contributed by atoms with Gasteiger partial charge in [0, 0.05) is 11.1 Å². The van der Waals surface area contributed by atoms with E-state index in [-0.39, 0.29) is 11.3 Å². The highest BCUT2D eigenvalue weighted by Crippen LogP contribution is 2.18. The van der Waals surface area contributed by atoms with Gasteiger partial charge >= 0.3 is 0 Å². The van der Waals surface area contributed by atoms with Gasteiger partial charge in [0.1, 0.15) is 0 Å². The molecule has 18 heavy (non-hydrogen) atoms. The number of hydrogen-bond acceptors (Lipinski definition) is 1. The first kappa shape index (κ1) is 14.7. The molecule has 2 nitrogen and oxygen atoms in total. The fraction of sp³-hybridized carbons (Fsp3) is 0.562. The average Bonchev–Trinajstić information content (AvgIpc) is 2.30. The second-order valence-corrected chi connectivity index (χ2v) is 5.86. The summed E-state index contributed by atoms with van der Waals surface area (Å²) in [5, 5.41) is 2.94. The Bertz CT molecular complexity index is 373. The standard InChI is InChI=1S/C16H25NO/c1-5-6-7-8-13-9-11-14(12-10-13)17-15(18)16(2,3)4/h9-12H,5-8H2,1-4H3,(H,17,18). The zero-order valence-electron chi connectivity index (χ0n) is 12.0. The molecule has 0 radical (unpaired) electrons. The summed E-state index contributed by atoms with van der Waals surface area (Å²) >= 11 is 0. The SMILES string of the molecule is CCCCCc1ccc(NC(=O)C(C)(C)C)cc1. The van der Waals surface area contributed by atoms with E-state index < -0.39 is 0 Å². The van der Waals surface area contributed by atoms with Crippen molar-refractivity contribution in [1.29, 1.82) is 0 Å². The number of nitrogens with one attached hydrogen (secondary N) is 1. The van der Waals surface area contributed by atoms with E-state index in [1.807, 2.05) is 32.9 Å². The van der Waals surface area contributed by atoms with Gasteiger partial charge in [-0.05, 0) is 30.5 Å². The summed E-state index contributed by atoms with van der Waals surface area (Å²) in [7, 11) is 0. The van der Waals surface area contributed by atoms with Crippen LogP contribution in [0.3, 0.4) is 0 Å². The second-order valence-electron chi connectivity index (χ2n) is 5.86. The zero-order valence-corrected chi connectivity index (χ0v) is 12.0. The first-order valence-electron chi connectivity index (χ1n) is 6.84. The van der Waals surface area contributed by atoms with E-state index in [9.17, 15) is 4.79 Å². The van der Waals surface area contributed by atoms with E-state index in [1.54, 1.807) is 0 Å². The summed E-state index contributed by atoms with van der Waals surface area (Å²) in [6, 6.07) is 8.19. The monoisotopic (exact) mass is 247 g/mol. The number of carbonyl (C=O) groups is 1.